The SMILES string of the molecule is O=C1C=C(c2c(-n3cnnn3)ccc(Cl)c2F)CC2CCC(c3ncc(-c4c[nH]c5cnccc45)[nH]3)N12. The third kappa shape index (κ3) is 3.45. The Balaban J connectivity index is 1.22. The number of nitrogens with zero attached hydrogens (tertiary/aromatic N) is 7. The van der Waals surface area contributed by atoms with Crippen molar-refractivity contribution >= 4 is 34.0 Å². The number of tetrazole rings is 1. The van der Waals surface area contributed by atoms with Crippen molar-refractivity contribution in [3.05, 3.63) is 77.6 Å². The number of aromatic amines is 2. The molecule has 1 saturated heterocycles. The minimum Gasteiger partial charge on any atom is -0.359 e. The number of hydrogen-bond acceptors (Lipinski definition) is 6. The lowest BCUT2D eigenvalue weighted by atomic mass is 9.92. The van der Waals surface area contributed by atoms with Crippen molar-refractivity contribution in [1.82, 2.24) is 45.0 Å². The molecular formula is C25H19ClFN9O. The van der Waals surface area contributed by atoms with Crippen molar-refractivity contribution in [2.75, 3.05) is 0 Å². The zero-order valence-electron chi connectivity index (χ0n) is 19.3. The van der Waals surface area contributed by atoms with Crippen molar-refractivity contribution in [2.24, 2.45) is 0 Å². The molecule has 7 rings (SSSR count). The van der Waals surface area contributed by atoms with Crippen molar-refractivity contribution in [2.45, 2.75) is 31.3 Å². The molecule has 6 heterocycles. The molecular weight excluding hydrogens is 497 g/mol. The van der Waals surface area contributed by atoms with E-state index in [-0.39, 0.29) is 28.6 Å². The summed E-state index contributed by atoms with van der Waals surface area (Å²) in [6.07, 6.45) is 12.1. The summed E-state index contributed by atoms with van der Waals surface area (Å²) >= 11 is 6.12. The van der Waals surface area contributed by atoms with Crippen LogP contribution in [-0.4, -0.2) is 57.0 Å². The minimum absolute atomic E-state index is 0.0249. The van der Waals surface area contributed by atoms with Crippen LogP contribution in [-0.2, 0) is 4.79 Å². The van der Waals surface area contributed by atoms with E-state index in [1.807, 2.05) is 17.2 Å². The van der Waals surface area contributed by atoms with Gasteiger partial charge >= 0.3 is 0 Å². The monoisotopic (exact) mass is 515 g/mol. The van der Waals surface area contributed by atoms with E-state index in [9.17, 15) is 4.79 Å². The summed E-state index contributed by atoms with van der Waals surface area (Å²) in [5.74, 6) is -0.0531. The summed E-state index contributed by atoms with van der Waals surface area (Å²) in [6, 6.07) is 4.77. The quantitative estimate of drug-likeness (QED) is 0.369. The zero-order chi connectivity index (χ0) is 25.1. The van der Waals surface area contributed by atoms with E-state index in [2.05, 4.69) is 35.5 Å². The topological polar surface area (TPSA) is 121 Å². The summed E-state index contributed by atoms with van der Waals surface area (Å²) in [4.78, 5) is 30.7. The van der Waals surface area contributed by atoms with Gasteiger partial charge < -0.3 is 14.9 Å². The van der Waals surface area contributed by atoms with Crippen molar-refractivity contribution in [3.8, 4) is 16.9 Å². The molecule has 10 nitrogen and oxygen atoms in total. The average Bonchev–Trinajstić information content (AvgIpc) is 3.71. The fourth-order valence-electron chi connectivity index (χ4n) is 5.54. The van der Waals surface area contributed by atoms with E-state index in [0.717, 1.165) is 40.8 Å². The van der Waals surface area contributed by atoms with E-state index >= 15 is 4.39 Å². The molecule has 0 spiro atoms. The second kappa shape index (κ2) is 8.34. The molecule has 0 bridgehead atoms. The number of halogens is 2. The zero-order valence-corrected chi connectivity index (χ0v) is 20.0. The first-order valence-corrected chi connectivity index (χ1v) is 12.2. The van der Waals surface area contributed by atoms with E-state index in [1.165, 1.54) is 23.2 Å². The molecule has 0 aliphatic carbocycles. The molecule has 184 valence electrons. The second-order valence-electron chi connectivity index (χ2n) is 9.18. The van der Waals surface area contributed by atoms with Gasteiger partial charge in [0.2, 0.25) is 5.91 Å². The second-order valence-corrected chi connectivity index (χ2v) is 9.59. The Labute approximate surface area is 214 Å². The van der Waals surface area contributed by atoms with Gasteiger partial charge in [-0.1, -0.05) is 11.6 Å². The Hall–Kier alpha value is -4.38. The molecule has 1 aromatic carbocycles. The molecule has 5 aromatic rings. The molecule has 2 aliphatic heterocycles. The van der Waals surface area contributed by atoms with Crippen LogP contribution in [0.25, 0.3) is 33.4 Å². The van der Waals surface area contributed by atoms with Crippen LogP contribution >= 0.6 is 11.6 Å². The highest BCUT2D eigenvalue weighted by atomic mass is 35.5. The first kappa shape index (κ1) is 21.9. The fraction of sp³-hybridized carbons (Fsp3) is 0.200. The smallest absolute Gasteiger partial charge is 0.247 e. The van der Waals surface area contributed by atoms with Crippen LogP contribution < -0.4 is 0 Å². The van der Waals surface area contributed by atoms with Crippen molar-refractivity contribution < 1.29 is 9.18 Å². The minimum atomic E-state index is -0.596. The summed E-state index contributed by atoms with van der Waals surface area (Å²) in [6.45, 7) is 0. The molecule has 12 heteroatoms. The van der Waals surface area contributed by atoms with Crippen molar-refractivity contribution in [1.29, 1.82) is 0 Å². The normalized spacial score (nSPS) is 19.5. The molecule has 0 saturated carbocycles. The Morgan fingerprint density at radius 3 is 2.95 bits per heavy atom. The number of fused-ring (bicyclic) bond motifs is 2. The number of carbonyl (C=O) groups is 1. The lowest BCUT2D eigenvalue weighted by molar-refractivity contribution is -0.129. The van der Waals surface area contributed by atoms with Gasteiger partial charge in [-0.25, -0.2) is 9.37 Å². The number of rotatable bonds is 4. The third-order valence-corrected chi connectivity index (χ3v) is 7.48. The Bertz CT molecular complexity index is 1690. The molecule has 2 atom stereocenters. The van der Waals surface area contributed by atoms with E-state index in [1.54, 1.807) is 24.7 Å². The largest absolute Gasteiger partial charge is 0.359 e. The number of hydrogen-bond donors (Lipinski definition) is 2. The average molecular weight is 516 g/mol. The highest BCUT2D eigenvalue weighted by Gasteiger charge is 2.42. The fourth-order valence-corrected chi connectivity index (χ4v) is 5.70. The van der Waals surface area contributed by atoms with Crippen LogP contribution in [0.5, 0.6) is 0 Å². The highest BCUT2D eigenvalue weighted by Crippen LogP contribution is 2.44. The summed E-state index contributed by atoms with van der Waals surface area (Å²) in [5, 5.41) is 12.2. The van der Waals surface area contributed by atoms with Crippen LogP contribution in [0.2, 0.25) is 5.02 Å². The van der Waals surface area contributed by atoms with E-state index < -0.39 is 5.82 Å². The van der Waals surface area contributed by atoms with Gasteiger partial charge in [0.05, 0.1) is 40.4 Å². The predicted molar refractivity (Wildman–Crippen MR) is 133 cm³/mol. The lowest BCUT2D eigenvalue weighted by Gasteiger charge is -2.33. The van der Waals surface area contributed by atoms with Gasteiger partial charge in [-0.15, -0.1) is 5.10 Å². The summed E-state index contributed by atoms with van der Waals surface area (Å²) in [5.41, 5.74) is 4.04. The summed E-state index contributed by atoms with van der Waals surface area (Å²) in [7, 11) is 0. The van der Waals surface area contributed by atoms with Gasteiger partial charge in [-0.3, -0.25) is 9.78 Å². The molecule has 1 fully saturated rings. The number of amides is 1. The molecule has 2 aliphatic rings. The first-order chi connectivity index (χ1) is 18.1. The third-order valence-electron chi connectivity index (χ3n) is 7.18. The molecule has 1 amide bonds. The van der Waals surface area contributed by atoms with Gasteiger partial charge in [-0.2, -0.15) is 4.68 Å². The van der Waals surface area contributed by atoms with Gasteiger partial charge in [0.25, 0.3) is 0 Å². The molecule has 4 aromatic heterocycles. The number of H-pyrrole nitrogens is 2. The van der Waals surface area contributed by atoms with Crippen LogP contribution in [0.3, 0.4) is 0 Å². The van der Waals surface area contributed by atoms with Crippen LogP contribution in [0.4, 0.5) is 4.39 Å². The lowest BCUT2D eigenvalue weighted by Crippen LogP contribution is -2.39. The van der Waals surface area contributed by atoms with E-state index in [4.69, 9.17) is 11.6 Å². The van der Waals surface area contributed by atoms with Crippen molar-refractivity contribution in [3.63, 3.8) is 0 Å². The Kier molecular flexibility index (Phi) is 4.93. The maximum absolute atomic E-state index is 15.3. The van der Waals surface area contributed by atoms with E-state index in [0.29, 0.717) is 17.7 Å². The van der Waals surface area contributed by atoms with Gasteiger partial charge in [-0.05, 0) is 53.5 Å². The van der Waals surface area contributed by atoms with Gasteiger partial charge in [0.1, 0.15) is 12.2 Å². The van der Waals surface area contributed by atoms with Gasteiger partial charge in [0.15, 0.2) is 5.82 Å². The highest BCUT2D eigenvalue weighted by molar-refractivity contribution is 6.31. The van der Waals surface area contributed by atoms with Crippen LogP contribution in [0.15, 0.2) is 55.4 Å². The summed E-state index contributed by atoms with van der Waals surface area (Å²) < 4.78 is 16.7. The molecule has 2 unspecified atom stereocenters. The number of pyridine rings is 1. The predicted octanol–water partition coefficient (Wildman–Crippen LogP) is 4.24. The van der Waals surface area contributed by atoms with Crippen LogP contribution in [0, 0.1) is 5.82 Å². The molecule has 0 radical (unpaired) electrons. The standard InChI is InChI=1S/C25H19ClFN9O/c26-17-2-4-20(35-12-31-33-34-35)23(24(17)27)13-7-14-1-3-21(36(14)22(37)8-13)25-30-11-19(32-25)16-9-29-18-10-28-6-5-15(16)18/h2,4-6,8-12,14,21,29H,1,3,7H2,(H,30,32). The number of aromatic nitrogens is 8. The number of nitrogens with one attached hydrogen (secondary N) is 2. The number of carbonyl (C=O) groups excluding carboxylic acids is 1. The Morgan fingerprint density at radius 1 is 1.16 bits per heavy atom. The van der Waals surface area contributed by atoms with Gasteiger partial charge in [0, 0.05) is 41.0 Å². The Morgan fingerprint density at radius 2 is 2.08 bits per heavy atom. The first-order valence-electron chi connectivity index (χ1n) is 11.8. The maximum Gasteiger partial charge on any atom is 0.247 e. The number of imidazole rings is 1. The van der Waals surface area contributed by atoms with Crippen LogP contribution in [0.1, 0.15) is 36.7 Å². The molecule has 37 heavy (non-hydrogen) atoms. The molecule has 2 N–H and O–H groups in total. The maximum atomic E-state index is 15.3. The number of benzene rings is 1.